The lowest BCUT2D eigenvalue weighted by atomic mass is 9.95. The fourth-order valence-electron chi connectivity index (χ4n) is 3.32. The summed E-state index contributed by atoms with van der Waals surface area (Å²) in [6.45, 7) is 1.01. The molecule has 1 aliphatic rings. The highest BCUT2D eigenvalue weighted by atomic mass is 16.5. The van der Waals surface area contributed by atoms with Gasteiger partial charge >= 0.3 is 0 Å². The Kier molecular flexibility index (Phi) is 6.90. The topological polar surface area (TPSA) is 100 Å². The number of phenolic OH excluding ortho intramolecular Hbond substituents is 1. The van der Waals surface area contributed by atoms with Crippen LogP contribution in [0.5, 0.6) is 17.2 Å². The number of phenols is 1. The van der Waals surface area contributed by atoms with Crippen LogP contribution in [0.3, 0.4) is 0 Å². The van der Waals surface area contributed by atoms with Gasteiger partial charge in [0.1, 0.15) is 5.75 Å². The van der Waals surface area contributed by atoms with Crippen molar-refractivity contribution >= 4 is 18.0 Å². The van der Waals surface area contributed by atoms with Crippen molar-refractivity contribution in [2.24, 2.45) is 11.0 Å². The first kappa shape index (κ1) is 21.2. The van der Waals surface area contributed by atoms with Gasteiger partial charge in [-0.3, -0.25) is 9.59 Å². The molecule has 0 aromatic heterocycles. The molecule has 2 aromatic rings. The Bertz CT molecular complexity index is 936. The molecule has 1 aliphatic heterocycles. The zero-order valence-electron chi connectivity index (χ0n) is 17.0. The molecule has 0 spiro atoms. The van der Waals surface area contributed by atoms with Crippen molar-refractivity contribution in [3.63, 3.8) is 0 Å². The van der Waals surface area contributed by atoms with Gasteiger partial charge in [-0.1, -0.05) is 6.07 Å². The van der Waals surface area contributed by atoms with Gasteiger partial charge in [0, 0.05) is 24.6 Å². The maximum absolute atomic E-state index is 12.7. The van der Waals surface area contributed by atoms with E-state index in [0.717, 1.165) is 0 Å². The Balaban J connectivity index is 1.51. The number of nitrogens with one attached hydrogen (secondary N) is 1. The van der Waals surface area contributed by atoms with E-state index in [1.807, 2.05) is 0 Å². The number of hydrazone groups is 1. The highest BCUT2D eigenvalue weighted by Crippen LogP contribution is 2.25. The van der Waals surface area contributed by atoms with Crippen LogP contribution in [0.25, 0.3) is 0 Å². The minimum Gasteiger partial charge on any atom is -0.504 e. The summed E-state index contributed by atoms with van der Waals surface area (Å²) in [6, 6.07) is 11.8. The van der Waals surface area contributed by atoms with E-state index in [2.05, 4.69) is 10.5 Å². The maximum Gasteiger partial charge on any atom is 0.253 e. The smallest absolute Gasteiger partial charge is 0.253 e. The minimum absolute atomic E-state index is 0.0361. The lowest BCUT2D eigenvalue weighted by molar-refractivity contribution is -0.126. The van der Waals surface area contributed by atoms with Crippen LogP contribution >= 0.6 is 0 Å². The normalized spacial score (nSPS) is 14.5. The molecule has 8 nitrogen and oxygen atoms in total. The summed E-state index contributed by atoms with van der Waals surface area (Å²) in [7, 11) is 3.03. The van der Waals surface area contributed by atoms with E-state index in [-0.39, 0.29) is 23.5 Å². The number of ether oxygens (including phenoxy) is 2. The number of aromatic hydroxyl groups is 1. The van der Waals surface area contributed by atoms with Gasteiger partial charge in [0.25, 0.3) is 5.91 Å². The number of hydrogen-bond donors (Lipinski definition) is 2. The van der Waals surface area contributed by atoms with Gasteiger partial charge < -0.3 is 19.5 Å². The molecule has 1 saturated heterocycles. The van der Waals surface area contributed by atoms with Crippen LogP contribution in [0, 0.1) is 5.92 Å². The number of carbonyl (C=O) groups is 2. The standard InChI is InChI=1S/C22H25N3O5/c1-29-18-5-3-4-17(13-18)22(28)25-10-8-16(9-11-25)21(27)24-23-14-15-6-7-19(26)20(12-15)30-2/h3-7,12-14,16,26H,8-11H2,1-2H3,(H,24,27). The molecule has 30 heavy (non-hydrogen) atoms. The largest absolute Gasteiger partial charge is 0.504 e. The van der Waals surface area contributed by atoms with Crippen LogP contribution in [0.4, 0.5) is 0 Å². The van der Waals surface area contributed by atoms with Crippen LogP contribution in [0.2, 0.25) is 0 Å². The number of piperidine rings is 1. The van der Waals surface area contributed by atoms with Crippen molar-refractivity contribution in [2.75, 3.05) is 27.3 Å². The number of amides is 2. The minimum atomic E-state index is -0.203. The number of carbonyl (C=O) groups excluding carboxylic acids is 2. The summed E-state index contributed by atoms with van der Waals surface area (Å²) >= 11 is 0. The highest BCUT2D eigenvalue weighted by molar-refractivity contribution is 5.94. The predicted molar refractivity (Wildman–Crippen MR) is 112 cm³/mol. The summed E-state index contributed by atoms with van der Waals surface area (Å²) in [6.07, 6.45) is 2.63. The molecule has 0 unspecified atom stereocenters. The lowest BCUT2D eigenvalue weighted by Crippen LogP contribution is -2.42. The molecular weight excluding hydrogens is 386 g/mol. The molecule has 0 saturated carbocycles. The Morgan fingerprint density at radius 2 is 1.90 bits per heavy atom. The molecule has 0 atom stereocenters. The number of benzene rings is 2. The average molecular weight is 411 g/mol. The second-order valence-electron chi connectivity index (χ2n) is 6.96. The molecule has 0 aliphatic carbocycles. The average Bonchev–Trinajstić information content (AvgIpc) is 2.79. The molecule has 1 fully saturated rings. The van der Waals surface area contributed by atoms with Crippen LogP contribution in [-0.4, -0.2) is 55.3 Å². The number of methoxy groups -OCH3 is 2. The van der Waals surface area contributed by atoms with Crippen LogP contribution in [0.1, 0.15) is 28.8 Å². The molecule has 2 aromatic carbocycles. The first-order chi connectivity index (χ1) is 14.5. The van der Waals surface area contributed by atoms with E-state index in [0.29, 0.717) is 48.6 Å². The monoisotopic (exact) mass is 411 g/mol. The first-order valence-electron chi connectivity index (χ1n) is 9.65. The van der Waals surface area contributed by atoms with E-state index in [1.54, 1.807) is 48.4 Å². The van der Waals surface area contributed by atoms with Crippen molar-refractivity contribution in [3.8, 4) is 17.2 Å². The van der Waals surface area contributed by atoms with Crippen molar-refractivity contribution in [2.45, 2.75) is 12.8 Å². The molecule has 0 radical (unpaired) electrons. The third-order valence-corrected chi connectivity index (χ3v) is 5.06. The third kappa shape index (κ3) is 5.08. The van der Waals surface area contributed by atoms with E-state index in [4.69, 9.17) is 9.47 Å². The van der Waals surface area contributed by atoms with E-state index in [9.17, 15) is 14.7 Å². The number of rotatable bonds is 6. The number of hydrogen-bond acceptors (Lipinski definition) is 6. The maximum atomic E-state index is 12.7. The van der Waals surface area contributed by atoms with Crippen molar-refractivity contribution in [3.05, 3.63) is 53.6 Å². The van der Waals surface area contributed by atoms with Gasteiger partial charge in [-0.2, -0.15) is 5.10 Å². The molecule has 8 heteroatoms. The second kappa shape index (κ2) is 9.78. The molecule has 2 amide bonds. The van der Waals surface area contributed by atoms with Gasteiger partial charge in [-0.15, -0.1) is 0 Å². The Hall–Kier alpha value is -3.55. The molecule has 2 N–H and O–H groups in total. The fourth-order valence-corrected chi connectivity index (χ4v) is 3.32. The summed E-state index contributed by atoms with van der Waals surface area (Å²) in [5.41, 5.74) is 3.81. The van der Waals surface area contributed by atoms with Crippen LogP contribution in [0.15, 0.2) is 47.6 Å². The molecule has 0 bridgehead atoms. The van der Waals surface area contributed by atoms with E-state index < -0.39 is 0 Å². The molecule has 1 heterocycles. The highest BCUT2D eigenvalue weighted by Gasteiger charge is 2.27. The summed E-state index contributed by atoms with van der Waals surface area (Å²) in [4.78, 5) is 26.8. The Morgan fingerprint density at radius 3 is 2.60 bits per heavy atom. The van der Waals surface area contributed by atoms with Crippen molar-refractivity contribution in [1.82, 2.24) is 10.3 Å². The summed E-state index contributed by atoms with van der Waals surface area (Å²) in [5, 5.41) is 13.6. The fraction of sp³-hybridized carbons (Fsp3) is 0.318. The molecular formula is C22H25N3O5. The predicted octanol–water partition coefficient (Wildman–Crippen LogP) is 2.41. The van der Waals surface area contributed by atoms with Gasteiger partial charge in [0.15, 0.2) is 11.5 Å². The third-order valence-electron chi connectivity index (χ3n) is 5.06. The van der Waals surface area contributed by atoms with Gasteiger partial charge in [-0.25, -0.2) is 5.43 Å². The van der Waals surface area contributed by atoms with E-state index in [1.165, 1.54) is 19.4 Å². The van der Waals surface area contributed by atoms with Crippen LogP contribution < -0.4 is 14.9 Å². The second-order valence-corrected chi connectivity index (χ2v) is 6.96. The summed E-state index contributed by atoms with van der Waals surface area (Å²) in [5.74, 6) is 0.565. The molecule has 3 rings (SSSR count). The van der Waals surface area contributed by atoms with E-state index >= 15 is 0 Å². The molecule has 158 valence electrons. The lowest BCUT2D eigenvalue weighted by Gasteiger charge is -2.31. The van der Waals surface area contributed by atoms with Crippen LogP contribution in [-0.2, 0) is 4.79 Å². The number of likely N-dealkylation sites (tertiary alicyclic amines) is 1. The Labute approximate surface area is 175 Å². The van der Waals surface area contributed by atoms with Gasteiger partial charge in [0.05, 0.1) is 20.4 Å². The van der Waals surface area contributed by atoms with Crippen molar-refractivity contribution < 1.29 is 24.2 Å². The SMILES string of the molecule is COc1cccc(C(=O)N2CCC(C(=O)NN=Cc3ccc(O)c(OC)c3)CC2)c1. The number of nitrogens with zero attached hydrogens (tertiary/aromatic N) is 2. The van der Waals surface area contributed by atoms with Crippen molar-refractivity contribution in [1.29, 1.82) is 0 Å². The zero-order valence-corrected chi connectivity index (χ0v) is 17.0. The summed E-state index contributed by atoms with van der Waals surface area (Å²) < 4.78 is 10.2. The Morgan fingerprint density at radius 1 is 1.13 bits per heavy atom. The zero-order chi connectivity index (χ0) is 21.5. The first-order valence-corrected chi connectivity index (χ1v) is 9.65. The van der Waals surface area contributed by atoms with Gasteiger partial charge in [-0.05, 0) is 54.8 Å². The van der Waals surface area contributed by atoms with Gasteiger partial charge in [0.2, 0.25) is 5.91 Å². The quantitative estimate of drug-likeness (QED) is 0.562.